The van der Waals surface area contributed by atoms with Gasteiger partial charge in [0.25, 0.3) is 0 Å². The van der Waals surface area contributed by atoms with Gasteiger partial charge in [-0.05, 0) is 29.3 Å². The molecule has 3 rings (SSSR count). The highest BCUT2D eigenvalue weighted by molar-refractivity contribution is 6.33. The van der Waals surface area contributed by atoms with Gasteiger partial charge in [0.05, 0.1) is 18.3 Å². The number of nitrogens with one attached hydrogen (secondary N) is 1. The van der Waals surface area contributed by atoms with Gasteiger partial charge in [0.1, 0.15) is 12.8 Å². The molecule has 8 heteroatoms. The van der Waals surface area contributed by atoms with Gasteiger partial charge in [-0.3, -0.25) is 9.79 Å². The van der Waals surface area contributed by atoms with E-state index in [9.17, 15) is 9.90 Å². The molecule has 1 unspecified atom stereocenters. The SMILES string of the molecule is CN=C(C=NN)C(CC(=O)O)c1ccc(NCc2cccc(/C(=N\OC)c3ccccc3)c2)cc1. The molecule has 8 nitrogen and oxygen atoms in total. The van der Waals surface area contributed by atoms with Gasteiger partial charge in [0, 0.05) is 36.3 Å². The van der Waals surface area contributed by atoms with E-state index in [0.29, 0.717) is 12.3 Å². The molecule has 0 aromatic heterocycles. The van der Waals surface area contributed by atoms with E-state index in [1.807, 2.05) is 72.8 Å². The van der Waals surface area contributed by atoms with Crippen molar-refractivity contribution in [3.05, 3.63) is 101 Å². The number of anilines is 1. The first-order valence-electron chi connectivity index (χ1n) is 11.1. The predicted molar refractivity (Wildman–Crippen MR) is 140 cm³/mol. The molecule has 0 bridgehead atoms. The lowest BCUT2D eigenvalue weighted by atomic mass is 9.91. The Morgan fingerprint density at radius 2 is 1.77 bits per heavy atom. The average Bonchev–Trinajstić information content (AvgIpc) is 2.89. The first kappa shape index (κ1) is 25.2. The zero-order valence-corrected chi connectivity index (χ0v) is 19.8. The molecule has 0 aliphatic carbocycles. The molecule has 0 aliphatic heterocycles. The van der Waals surface area contributed by atoms with Crippen molar-refractivity contribution in [2.24, 2.45) is 21.1 Å². The molecule has 0 amide bonds. The van der Waals surface area contributed by atoms with Crippen molar-refractivity contribution in [1.82, 2.24) is 0 Å². The monoisotopic (exact) mass is 471 g/mol. The summed E-state index contributed by atoms with van der Waals surface area (Å²) in [4.78, 5) is 20.6. The second-order valence-electron chi connectivity index (χ2n) is 7.74. The number of hydrogen-bond acceptors (Lipinski definition) is 7. The van der Waals surface area contributed by atoms with Crippen molar-refractivity contribution >= 4 is 29.3 Å². The van der Waals surface area contributed by atoms with E-state index < -0.39 is 11.9 Å². The summed E-state index contributed by atoms with van der Waals surface area (Å²) in [5, 5.41) is 20.5. The van der Waals surface area contributed by atoms with Crippen molar-refractivity contribution in [3.63, 3.8) is 0 Å². The van der Waals surface area contributed by atoms with E-state index in [1.54, 1.807) is 7.05 Å². The van der Waals surface area contributed by atoms with Crippen LogP contribution in [0.25, 0.3) is 0 Å². The van der Waals surface area contributed by atoms with E-state index in [-0.39, 0.29) is 6.42 Å². The molecule has 0 fully saturated rings. The first-order chi connectivity index (χ1) is 17.0. The number of carbonyl (C=O) groups is 1. The Morgan fingerprint density at radius 1 is 1.06 bits per heavy atom. The molecule has 1 atom stereocenters. The minimum atomic E-state index is -0.921. The number of nitrogens with two attached hydrogens (primary N) is 1. The van der Waals surface area contributed by atoms with Crippen molar-refractivity contribution in [2.45, 2.75) is 18.9 Å². The first-order valence-corrected chi connectivity index (χ1v) is 11.1. The third-order valence-corrected chi connectivity index (χ3v) is 5.44. The van der Waals surface area contributed by atoms with Crippen LogP contribution in [0.5, 0.6) is 0 Å². The van der Waals surface area contributed by atoms with Crippen LogP contribution in [0, 0.1) is 0 Å². The molecular formula is C27H29N5O3. The van der Waals surface area contributed by atoms with Crippen LogP contribution in [0.3, 0.4) is 0 Å². The lowest BCUT2D eigenvalue weighted by Gasteiger charge is -2.16. The Hall–Kier alpha value is -4.46. The quantitative estimate of drug-likeness (QED) is 0.219. The second kappa shape index (κ2) is 12.7. The topological polar surface area (TPSA) is 122 Å². The van der Waals surface area contributed by atoms with Gasteiger partial charge in [-0.15, -0.1) is 0 Å². The smallest absolute Gasteiger partial charge is 0.304 e. The van der Waals surface area contributed by atoms with Gasteiger partial charge in [-0.25, -0.2) is 0 Å². The van der Waals surface area contributed by atoms with E-state index in [1.165, 1.54) is 13.3 Å². The van der Waals surface area contributed by atoms with E-state index >= 15 is 0 Å². The van der Waals surface area contributed by atoms with Gasteiger partial charge in [0.15, 0.2) is 0 Å². The summed E-state index contributed by atoms with van der Waals surface area (Å²) in [7, 11) is 3.13. The van der Waals surface area contributed by atoms with Crippen LogP contribution >= 0.6 is 0 Å². The second-order valence-corrected chi connectivity index (χ2v) is 7.74. The number of hydrogen-bond donors (Lipinski definition) is 3. The molecule has 3 aromatic carbocycles. The van der Waals surface area contributed by atoms with Gasteiger partial charge in [0.2, 0.25) is 0 Å². The van der Waals surface area contributed by atoms with Crippen LogP contribution in [-0.4, -0.2) is 42.9 Å². The molecule has 180 valence electrons. The van der Waals surface area contributed by atoms with Crippen molar-refractivity contribution in [3.8, 4) is 0 Å². The highest BCUT2D eigenvalue weighted by atomic mass is 16.6. The number of oxime groups is 1. The molecule has 0 heterocycles. The molecule has 0 aliphatic rings. The highest BCUT2D eigenvalue weighted by Gasteiger charge is 2.20. The third kappa shape index (κ3) is 7.01. The summed E-state index contributed by atoms with van der Waals surface area (Å²) < 4.78 is 0. The van der Waals surface area contributed by atoms with Crippen LogP contribution in [0.1, 0.15) is 34.6 Å². The Kier molecular flexibility index (Phi) is 9.13. The van der Waals surface area contributed by atoms with Crippen LogP contribution in [0.2, 0.25) is 0 Å². The molecule has 0 radical (unpaired) electrons. The van der Waals surface area contributed by atoms with Gasteiger partial charge in [-0.2, -0.15) is 5.10 Å². The summed E-state index contributed by atoms with van der Waals surface area (Å²) in [6, 6.07) is 25.6. The normalized spacial score (nSPS) is 13.0. The van der Waals surface area contributed by atoms with Crippen LogP contribution < -0.4 is 11.2 Å². The average molecular weight is 472 g/mol. The maximum Gasteiger partial charge on any atom is 0.304 e. The summed E-state index contributed by atoms with van der Waals surface area (Å²) in [5.74, 6) is 3.91. The van der Waals surface area contributed by atoms with Gasteiger partial charge < -0.3 is 21.1 Å². The maximum atomic E-state index is 11.4. The van der Waals surface area contributed by atoms with Crippen molar-refractivity contribution in [1.29, 1.82) is 0 Å². The van der Waals surface area contributed by atoms with Crippen LogP contribution in [-0.2, 0) is 16.2 Å². The summed E-state index contributed by atoms with van der Waals surface area (Å²) >= 11 is 0. The van der Waals surface area contributed by atoms with Crippen molar-refractivity contribution < 1.29 is 14.7 Å². The van der Waals surface area contributed by atoms with Gasteiger partial charge in [-0.1, -0.05) is 65.8 Å². The zero-order chi connectivity index (χ0) is 25.0. The molecule has 4 N–H and O–H groups in total. The fourth-order valence-corrected chi connectivity index (χ4v) is 3.77. The molecule has 0 saturated carbocycles. The van der Waals surface area contributed by atoms with E-state index in [2.05, 4.69) is 26.6 Å². The lowest BCUT2D eigenvalue weighted by molar-refractivity contribution is -0.137. The van der Waals surface area contributed by atoms with E-state index in [4.69, 9.17) is 10.7 Å². The molecule has 0 saturated heterocycles. The third-order valence-electron chi connectivity index (χ3n) is 5.44. The standard InChI is InChI=1S/C27H29N5O3/c1-29-25(18-31-28)24(16-26(33)34)20-11-13-23(14-12-20)30-17-19-7-6-10-22(15-19)27(32-35-2)21-8-4-3-5-9-21/h3-15,18,24,30H,16-17,28H2,1-2H3,(H,33,34)/b29-25?,31-18?,32-27-. The minimum Gasteiger partial charge on any atom is -0.481 e. The largest absolute Gasteiger partial charge is 0.481 e. The fraction of sp³-hybridized carbons (Fsp3) is 0.185. The number of hydrazone groups is 1. The molecule has 3 aromatic rings. The number of carboxylic acid groups (broad SMARTS) is 1. The van der Waals surface area contributed by atoms with Gasteiger partial charge >= 0.3 is 5.97 Å². The van der Waals surface area contributed by atoms with Crippen LogP contribution in [0.4, 0.5) is 5.69 Å². The lowest BCUT2D eigenvalue weighted by Crippen LogP contribution is -2.18. The van der Waals surface area contributed by atoms with Crippen molar-refractivity contribution in [2.75, 3.05) is 19.5 Å². The minimum absolute atomic E-state index is 0.106. The summed E-state index contributed by atoms with van der Waals surface area (Å²) in [5.41, 5.74) is 6.01. The number of carboxylic acids is 1. The Labute approximate surface area is 204 Å². The Balaban J connectivity index is 1.75. The van der Waals surface area contributed by atoms with Crippen LogP contribution in [0.15, 0.2) is 94.1 Å². The number of nitrogens with zero attached hydrogens (tertiary/aromatic N) is 3. The number of aliphatic imine (C=N–C) groups is 1. The highest BCUT2D eigenvalue weighted by Crippen LogP contribution is 2.24. The molecule has 0 spiro atoms. The summed E-state index contributed by atoms with van der Waals surface area (Å²) in [6.45, 7) is 0.599. The summed E-state index contributed by atoms with van der Waals surface area (Å²) in [6.07, 6.45) is 1.29. The maximum absolute atomic E-state index is 11.4. The number of benzene rings is 3. The van der Waals surface area contributed by atoms with E-state index in [0.717, 1.165) is 33.7 Å². The number of rotatable bonds is 11. The molecule has 35 heavy (non-hydrogen) atoms. The Morgan fingerprint density at radius 3 is 2.40 bits per heavy atom. The fourth-order valence-electron chi connectivity index (χ4n) is 3.77. The Bertz CT molecular complexity index is 1210. The zero-order valence-electron chi connectivity index (χ0n) is 19.8. The number of aliphatic carboxylic acids is 1. The molecular weight excluding hydrogens is 442 g/mol. The predicted octanol–water partition coefficient (Wildman–Crippen LogP) is 4.27.